The SMILES string of the molecule is O=C(COC(=O)c1ccc(Cl)s1)NC(=O)Nc1ccccc1F. The molecule has 120 valence electrons. The van der Waals surface area contributed by atoms with Gasteiger partial charge in [-0.05, 0) is 24.3 Å². The van der Waals surface area contributed by atoms with Crippen molar-refractivity contribution in [3.05, 3.63) is 51.4 Å². The molecule has 0 fully saturated rings. The van der Waals surface area contributed by atoms with Gasteiger partial charge in [0.2, 0.25) is 0 Å². The van der Waals surface area contributed by atoms with Crippen LogP contribution < -0.4 is 10.6 Å². The molecule has 0 unspecified atom stereocenters. The molecule has 0 bridgehead atoms. The van der Waals surface area contributed by atoms with Crippen molar-refractivity contribution in [3.63, 3.8) is 0 Å². The lowest BCUT2D eigenvalue weighted by Crippen LogP contribution is -2.37. The van der Waals surface area contributed by atoms with Crippen LogP contribution in [0.5, 0.6) is 0 Å². The molecule has 2 rings (SSSR count). The standard InChI is InChI=1S/C14H10ClFN2O4S/c15-11-6-5-10(23-11)13(20)22-7-12(19)18-14(21)17-9-4-2-1-3-8(9)16/h1-6H,7H2,(H2,17,18,19,21). The highest BCUT2D eigenvalue weighted by Gasteiger charge is 2.14. The number of hydrogen-bond donors (Lipinski definition) is 2. The minimum atomic E-state index is -0.935. The Kier molecular flexibility index (Phi) is 5.67. The van der Waals surface area contributed by atoms with Gasteiger partial charge in [0.15, 0.2) is 6.61 Å². The molecular weight excluding hydrogens is 347 g/mol. The Morgan fingerprint density at radius 1 is 1.17 bits per heavy atom. The molecule has 0 spiro atoms. The van der Waals surface area contributed by atoms with Gasteiger partial charge >= 0.3 is 12.0 Å². The summed E-state index contributed by atoms with van der Waals surface area (Å²) in [5.74, 6) is -2.22. The number of carbonyl (C=O) groups is 3. The van der Waals surface area contributed by atoms with E-state index in [0.717, 1.165) is 17.4 Å². The van der Waals surface area contributed by atoms with Crippen molar-refractivity contribution in [1.82, 2.24) is 5.32 Å². The van der Waals surface area contributed by atoms with E-state index in [2.05, 4.69) is 5.32 Å². The second kappa shape index (κ2) is 7.70. The molecule has 1 aromatic carbocycles. The number of halogens is 2. The average molecular weight is 357 g/mol. The van der Waals surface area contributed by atoms with Crippen molar-refractivity contribution >= 4 is 46.5 Å². The Bertz CT molecular complexity index is 750. The molecule has 1 heterocycles. The fraction of sp³-hybridized carbons (Fsp3) is 0.0714. The monoisotopic (exact) mass is 356 g/mol. The molecular formula is C14H10ClFN2O4S. The summed E-state index contributed by atoms with van der Waals surface area (Å²) in [5, 5.41) is 4.07. The summed E-state index contributed by atoms with van der Waals surface area (Å²) in [6, 6.07) is 7.51. The minimum Gasteiger partial charge on any atom is -0.451 e. The molecule has 0 aliphatic rings. The average Bonchev–Trinajstić information content (AvgIpc) is 2.94. The zero-order valence-electron chi connectivity index (χ0n) is 11.5. The molecule has 3 amide bonds. The number of hydrogen-bond acceptors (Lipinski definition) is 5. The number of carbonyl (C=O) groups excluding carboxylic acids is 3. The number of anilines is 1. The Morgan fingerprint density at radius 3 is 2.57 bits per heavy atom. The number of esters is 1. The molecule has 9 heteroatoms. The molecule has 0 atom stereocenters. The van der Waals surface area contributed by atoms with Crippen molar-refractivity contribution in [2.75, 3.05) is 11.9 Å². The van der Waals surface area contributed by atoms with Gasteiger partial charge in [0.1, 0.15) is 10.7 Å². The number of benzene rings is 1. The van der Waals surface area contributed by atoms with E-state index in [-0.39, 0.29) is 10.6 Å². The maximum absolute atomic E-state index is 13.3. The largest absolute Gasteiger partial charge is 0.451 e. The van der Waals surface area contributed by atoms with Gasteiger partial charge in [0.05, 0.1) is 10.0 Å². The van der Waals surface area contributed by atoms with Gasteiger partial charge in [-0.25, -0.2) is 14.0 Å². The molecule has 2 aromatic rings. The highest BCUT2D eigenvalue weighted by atomic mass is 35.5. The third-order valence-corrected chi connectivity index (χ3v) is 3.69. The van der Waals surface area contributed by atoms with Gasteiger partial charge < -0.3 is 10.1 Å². The molecule has 0 saturated heterocycles. The highest BCUT2D eigenvalue weighted by Crippen LogP contribution is 2.21. The number of para-hydroxylation sites is 1. The topological polar surface area (TPSA) is 84.5 Å². The lowest BCUT2D eigenvalue weighted by atomic mass is 10.3. The van der Waals surface area contributed by atoms with Gasteiger partial charge in [-0.1, -0.05) is 23.7 Å². The van der Waals surface area contributed by atoms with Crippen molar-refractivity contribution in [1.29, 1.82) is 0 Å². The number of imide groups is 1. The van der Waals surface area contributed by atoms with Gasteiger partial charge in [0.25, 0.3) is 5.91 Å². The maximum Gasteiger partial charge on any atom is 0.348 e. The van der Waals surface area contributed by atoms with E-state index in [9.17, 15) is 18.8 Å². The van der Waals surface area contributed by atoms with Crippen molar-refractivity contribution in [2.24, 2.45) is 0 Å². The predicted octanol–water partition coefficient (Wildman–Crippen LogP) is 3.05. The van der Waals surface area contributed by atoms with Crippen LogP contribution in [0.4, 0.5) is 14.9 Å². The number of nitrogens with one attached hydrogen (secondary N) is 2. The molecule has 2 N–H and O–H groups in total. The summed E-state index contributed by atoms with van der Waals surface area (Å²) in [6.07, 6.45) is 0. The lowest BCUT2D eigenvalue weighted by Gasteiger charge is -2.07. The first-order chi connectivity index (χ1) is 11.0. The van der Waals surface area contributed by atoms with Gasteiger partial charge in [-0.15, -0.1) is 11.3 Å². The summed E-state index contributed by atoms with van der Waals surface area (Å²) in [4.78, 5) is 34.8. The molecule has 0 aliphatic heterocycles. The van der Waals surface area contributed by atoms with Gasteiger partial charge in [-0.2, -0.15) is 0 Å². The Morgan fingerprint density at radius 2 is 1.91 bits per heavy atom. The first-order valence-corrected chi connectivity index (χ1v) is 7.43. The van der Waals surface area contributed by atoms with Crippen LogP contribution in [0.2, 0.25) is 4.34 Å². The summed E-state index contributed by atoms with van der Waals surface area (Å²) in [7, 11) is 0. The quantitative estimate of drug-likeness (QED) is 0.825. The van der Waals surface area contributed by atoms with E-state index in [4.69, 9.17) is 16.3 Å². The first-order valence-electron chi connectivity index (χ1n) is 6.23. The van der Waals surface area contributed by atoms with E-state index in [0.29, 0.717) is 4.34 Å². The summed E-state index contributed by atoms with van der Waals surface area (Å²) in [6.45, 7) is -0.654. The zero-order valence-corrected chi connectivity index (χ0v) is 13.0. The number of rotatable bonds is 4. The van der Waals surface area contributed by atoms with Crippen LogP contribution in [0.25, 0.3) is 0 Å². The van der Waals surface area contributed by atoms with E-state index in [1.807, 2.05) is 5.32 Å². The summed E-state index contributed by atoms with van der Waals surface area (Å²) >= 11 is 6.68. The second-order valence-electron chi connectivity index (χ2n) is 4.16. The Hall–Kier alpha value is -2.45. The van der Waals surface area contributed by atoms with Crippen LogP contribution in [0, 0.1) is 5.82 Å². The fourth-order valence-corrected chi connectivity index (χ4v) is 2.44. The summed E-state index contributed by atoms with van der Waals surface area (Å²) < 4.78 is 18.5. The predicted molar refractivity (Wildman–Crippen MR) is 83.2 cm³/mol. The van der Waals surface area contributed by atoms with Crippen LogP contribution in [0.1, 0.15) is 9.67 Å². The molecule has 0 aliphatic carbocycles. The Labute approximate surface area is 139 Å². The van der Waals surface area contributed by atoms with Crippen LogP contribution in [-0.2, 0) is 9.53 Å². The van der Waals surface area contributed by atoms with Crippen LogP contribution in [-0.4, -0.2) is 24.5 Å². The third-order valence-electron chi connectivity index (χ3n) is 2.48. The van der Waals surface area contributed by atoms with E-state index in [1.165, 1.54) is 30.3 Å². The van der Waals surface area contributed by atoms with Crippen molar-refractivity contribution in [2.45, 2.75) is 0 Å². The number of urea groups is 1. The number of thiophene rings is 1. The lowest BCUT2D eigenvalue weighted by molar-refractivity contribution is -0.123. The minimum absolute atomic E-state index is 0.0805. The molecule has 0 radical (unpaired) electrons. The normalized spacial score (nSPS) is 10.0. The smallest absolute Gasteiger partial charge is 0.348 e. The second-order valence-corrected chi connectivity index (χ2v) is 5.88. The molecule has 6 nitrogen and oxygen atoms in total. The highest BCUT2D eigenvalue weighted by molar-refractivity contribution is 7.17. The van der Waals surface area contributed by atoms with Crippen LogP contribution in [0.3, 0.4) is 0 Å². The van der Waals surface area contributed by atoms with E-state index < -0.39 is 30.3 Å². The van der Waals surface area contributed by atoms with Crippen LogP contribution in [0.15, 0.2) is 36.4 Å². The first kappa shape index (κ1) is 16.9. The Balaban J connectivity index is 1.79. The summed E-state index contributed by atoms with van der Waals surface area (Å²) in [5.41, 5.74) is -0.0805. The van der Waals surface area contributed by atoms with Gasteiger partial charge in [-0.3, -0.25) is 10.1 Å². The van der Waals surface area contributed by atoms with Crippen molar-refractivity contribution in [3.8, 4) is 0 Å². The van der Waals surface area contributed by atoms with Crippen molar-refractivity contribution < 1.29 is 23.5 Å². The van der Waals surface area contributed by atoms with E-state index >= 15 is 0 Å². The molecule has 0 saturated carbocycles. The number of amides is 3. The maximum atomic E-state index is 13.3. The zero-order chi connectivity index (χ0) is 16.8. The molecule has 1 aromatic heterocycles. The van der Waals surface area contributed by atoms with Gasteiger partial charge in [0, 0.05) is 0 Å². The number of ether oxygens (including phenoxy) is 1. The third kappa shape index (κ3) is 5.04. The van der Waals surface area contributed by atoms with Crippen LogP contribution >= 0.6 is 22.9 Å². The molecule has 23 heavy (non-hydrogen) atoms. The van der Waals surface area contributed by atoms with E-state index in [1.54, 1.807) is 0 Å². The fourth-order valence-electron chi connectivity index (χ4n) is 1.51.